The molecule has 0 amide bonds. The molecule has 0 fully saturated rings. The predicted octanol–water partition coefficient (Wildman–Crippen LogP) is 2.48. The third kappa shape index (κ3) is 2.25. The number of para-hydroxylation sites is 1. The Balaban J connectivity index is 1.84. The maximum absolute atomic E-state index is 11.3. The summed E-state index contributed by atoms with van der Waals surface area (Å²) in [5.74, 6) is 0. The first-order chi connectivity index (χ1) is 9.24. The van der Waals surface area contributed by atoms with E-state index in [-0.39, 0.29) is 5.56 Å². The monoisotopic (exact) mass is 253 g/mol. The van der Waals surface area contributed by atoms with Crippen LogP contribution in [0.25, 0.3) is 10.9 Å². The summed E-state index contributed by atoms with van der Waals surface area (Å²) >= 11 is 0. The number of hydrogen-bond acceptors (Lipinski definition) is 2. The normalized spacial score (nSPS) is 10.8. The summed E-state index contributed by atoms with van der Waals surface area (Å²) < 4.78 is 1.57. The Kier molecular flexibility index (Phi) is 2.83. The number of aromatic nitrogens is 2. The van der Waals surface area contributed by atoms with E-state index < -0.39 is 0 Å². The lowest BCUT2D eigenvalue weighted by Gasteiger charge is -2.08. The predicted molar refractivity (Wildman–Crippen MR) is 77.3 cm³/mol. The molecule has 0 aliphatic rings. The van der Waals surface area contributed by atoms with Crippen LogP contribution in [-0.2, 0) is 13.6 Å². The van der Waals surface area contributed by atoms with Gasteiger partial charge < -0.3 is 14.9 Å². The third-order valence-corrected chi connectivity index (χ3v) is 3.24. The molecule has 3 aromatic rings. The number of pyridine rings is 1. The summed E-state index contributed by atoms with van der Waals surface area (Å²) in [6.45, 7) is 0.718. The molecule has 4 heteroatoms. The number of benzene rings is 1. The molecule has 0 spiro atoms. The van der Waals surface area contributed by atoms with Crippen LogP contribution in [0.15, 0.2) is 53.6 Å². The number of nitrogens with one attached hydrogen (secondary N) is 2. The summed E-state index contributed by atoms with van der Waals surface area (Å²) in [4.78, 5) is 14.6. The number of rotatable bonds is 3. The quantitative estimate of drug-likeness (QED) is 0.753. The molecule has 0 bridgehead atoms. The summed E-state index contributed by atoms with van der Waals surface area (Å²) in [6, 6.07) is 11.7. The molecule has 2 heterocycles. The number of anilines is 1. The highest BCUT2D eigenvalue weighted by Gasteiger charge is 2.02. The second kappa shape index (κ2) is 4.65. The Morgan fingerprint density at radius 1 is 1.21 bits per heavy atom. The van der Waals surface area contributed by atoms with E-state index in [0.717, 1.165) is 17.7 Å². The molecule has 0 saturated carbocycles. The minimum atomic E-state index is -0.00276. The Hall–Kier alpha value is -2.49. The second-order valence-electron chi connectivity index (χ2n) is 4.58. The van der Waals surface area contributed by atoms with Crippen molar-refractivity contribution in [2.24, 2.45) is 7.05 Å². The summed E-state index contributed by atoms with van der Waals surface area (Å²) in [7, 11) is 1.75. The average molecular weight is 253 g/mol. The van der Waals surface area contributed by atoms with Gasteiger partial charge in [0.2, 0.25) is 5.56 Å². The molecular formula is C15H15N3O. The molecule has 2 aromatic heterocycles. The molecule has 0 radical (unpaired) electrons. The van der Waals surface area contributed by atoms with Crippen LogP contribution in [0, 0.1) is 0 Å². The van der Waals surface area contributed by atoms with E-state index in [1.165, 1.54) is 10.9 Å². The van der Waals surface area contributed by atoms with Gasteiger partial charge in [0.15, 0.2) is 0 Å². The fourth-order valence-corrected chi connectivity index (χ4v) is 2.19. The topological polar surface area (TPSA) is 49.8 Å². The van der Waals surface area contributed by atoms with Gasteiger partial charge in [0.25, 0.3) is 0 Å². The summed E-state index contributed by atoms with van der Waals surface area (Å²) in [5.41, 5.74) is 3.29. The molecule has 3 rings (SSSR count). The molecule has 2 N–H and O–H groups in total. The molecule has 0 aliphatic carbocycles. The number of fused-ring (bicyclic) bond motifs is 1. The summed E-state index contributed by atoms with van der Waals surface area (Å²) in [6.07, 6.45) is 3.75. The van der Waals surface area contributed by atoms with Gasteiger partial charge in [-0.15, -0.1) is 0 Å². The second-order valence-corrected chi connectivity index (χ2v) is 4.58. The molecule has 96 valence electrons. The number of hydrogen-bond donors (Lipinski definition) is 2. The number of aromatic amines is 1. The van der Waals surface area contributed by atoms with Crippen molar-refractivity contribution in [3.05, 3.63) is 64.7 Å². The molecule has 1 aromatic carbocycles. The first kappa shape index (κ1) is 11.6. The molecule has 0 saturated heterocycles. The van der Waals surface area contributed by atoms with Crippen LogP contribution >= 0.6 is 0 Å². The van der Waals surface area contributed by atoms with Crippen LogP contribution in [-0.4, -0.2) is 9.55 Å². The first-order valence-corrected chi connectivity index (χ1v) is 6.19. The van der Waals surface area contributed by atoms with Crippen LogP contribution < -0.4 is 10.9 Å². The average Bonchev–Trinajstić information content (AvgIpc) is 2.89. The molecule has 0 atom stereocenters. The van der Waals surface area contributed by atoms with E-state index >= 15 is 0 Å². The minimum absolute atomic E-state index is 0.00276. The van der Waals surface area contributed by atoms with Crippen molar-refractivity contribution in [3.8, 4) is 0 Å². The highest BCUT2D eigenvalue weighted by molar-refractivity contribution is 5.82. The molecular weight excluding hydrogens is 238 g/mol. The number of H-pyrrole nitrogens is 1. The van der Waals surface area contributed by atoms with Crippen LogP contribution in [0.4, 0.5) is 5.69 Å². The fourth-order valence-electron chi connectivity index (χ4n) is 2.19. The zero-order valence-electron chi connectivity index (χ0n) is 10.7. The van der Waals surface area contributed by atoms with Gasteiger partial charge in [-0.25, -0.2) is 0 Å². The van der Waals surface area contributed by atoms with Gasteiger partial charge in [0.05, 0.1) is 11.2 Å². The van der Waals surface area contributed by atoms with Crippen molar-refractivity contribution in [3.63, 3.8) is 0 Å². The van der Waals surface area contributed by atoms with E-state index in [1.807, 2.05) is 12.3 Å². The zero-order chi connectivity index (χ0) is 13.2. The number of aryl methyl sites for hydroxylation is 1. The SMILES string of the molecule is Cn1cc(NCc2cccc3cc[nH]c23)ccc1=O. The van der Waals surface area contributed by atoms with E-state index in [9.17, 15) is 4.79 Å². The third-order valence-electron chi connectivity index (χ3n) is 3.24. The number of nitrogens with zero attached hydrogens (tertiary/aromatic N) is 1. The Morgan fingerprint density at radius 3 is 2.95 bits per heavy atom. The van der Waals surface area contributed by atoms with Crippen LogP contribution in [0.5, 0.6) is 0 Å². The van der Waals surface area contributed by atoms with Gasteiger partial charge in [-0.05, 0) is 23.1 Å². The molecule has 0 aliphatic heterocycles. The largest absolute Gasteiger partial charge is 0.380 e. The van der Waals surface area contributed by atoms with Gasteiger partial charge in [0, 0.05) is 32.1 Å². The van der Waals surface area contributed by atoms with Crippen LogP contribution in [0.1, 0.15) is 5.56 Å². The van der Waals surface area contributed by atoms with Crippen molar-refractivity contribution in [2.75, 3.05) is 5.32 Å². The lowest BCUT2D eigenvalue weighted by molar-refractivity contribution is 0.859. The van der Waals surface area contributed by atoms with E-state index in [4.69, 9.17) is 0 Å². The fraction of sp³-hybridized carbons (Fsp3) is 0.133. The minimum Gasteiger partial charge on any atom is -0.380 e. The Morgan fingerprint density at radius 2 is 2.11 bits per heavy atom. The maximum atomic E-state index is 11.3. The van der Waals surface area contributed by atoms with Crippen molar-refractivity contribution >= 4 is 16.6 Å². The van der Waals surface area contributed by atoms with E-state index in [1.54, 1.807) is 29.9 Å². The zero-order valence-corrected chi connectivity index (χ0v) is 10.7. The Bertz CT molecular complexity index is 770. The van der Waals surface area contributed by atoms with Gasteiger partial charge >= 0.3 is 0 Å². The van der Waals surface area contributed by atoms with Crippen molar-refractivity contribution in [1.82, 2.24) is 9.55 Å². The lowest BCUT2D eigenvalue weighted by Crippen LogP contribution is -2.15. The highest BCUT2D eigenvalue weighted by Crippen LogP contribution is 2.18. The van der Waals surface area contributed by atoms with E-state index in [0.29, 0.717) is 0 Å². The van der Waals surface area contributed by atoms with Crippen molar-refractivity contribution < 1.29 is 0 Å². The van der Waals surface area contributed by atoms with Gasteiger partial charge in [-0.2, -0.15) is 0 Å². The van der Waals surface area contributed by atoms with Crippen molar-refractivity contribution in [2.45, 2.75) is 6.54 Å². The Labute approximate surface area is 110 Å². The van der Waals surface area contributed by atoms with Gasteiger partial charge in [-0.1, -0.05) is 18.2 Å². The lowest BCUT2D eigenvalue weighted by atomic mass is 10.1. The molecule has 4 nitrogen and oxygen atoms in total. The maximum Gasteiger partial charge on any atom is 0.250 e. The summed E-state index contributed by atoms with van der Waals surface area (Å²) in [5, 5.41) is 4.54. The first-order valence-electron chi connectivity index (χ1n) is 6.19. The highest BCUT2D eigenvalue weighted by atomic mass is 16.1. The molecule has 19 heavy (non-hydrogen) atoms. The van der Waals surface area contributed by atoms with Crippen molar-refractivity contribution in [1.29, 1.82) is 0 Å². The van der Waals surface area contributed by atoms with Gasteiger partial charge in [0.1, 0.15) is 0 Å². The smallest absolute Gasteiger partial charge is 0.250 e. The standard InChI is InChI=1S/C15H15N3O/c1-18-10-13(5-6-14(18)19)17-9-12-4-2-3-11-7-8-16-15(11)12/h2-8,10,16-17H,9H2,1H3. The van der Waals surface area contributed by atoms with E-state index in [2.05, 4.69) is 28.5 Å². The van der Waals surface area contributed by atoms with Crippen LogP contribution in [0.2, 0.25) is 0 Å². The van der Waals surface area contributed by atoms with Gasteiger partial charge in [-0.3, -0.25) is 4.79 Å². The molecule has 0 unspecified atom stereocenters. The van der Waals surface area contributed by atoms with Crippen LogP contribution in [0.3, 0.4) is 0 Å².